The molecule has 2 aliphatic carbocycles. The maximum atomic E-state index is 12.7. The van der Waals surface area contributed by atoms with Crippen molar-refractivity contribution in [3.63, 3.8) is 0 Å². The predicted molar refractivity (Wildman–Crippen MR) is 70.8 cm³/mol. The number of imide groups is 1. The van der Waals surface area contributed by atoms with E-state index in [-0.39, 0.29) is 11.8 Å². The van der Waals surface area contributed by atoms with Gasteiger partial charge in [0.25, 0.3) is 0 Å². The summed E-state index contributed by atoms with van der Waals surface area (Å²) in [4.78, 5) is 37.8. The minimum absolute atomic E-state index is 0.0850. The molecule has 5 nitrogen and oxygen atoms in total. The molecule has 2 atom stereocenters. The zero-order valence-electron chi connectivity index (χ0n) is 11.6. The lowest BCUT2D eigenvalue weighted by molar-refractivity contribution is -0.152. The molecular weight excluding hydrogens is 258 g/mol. The van der Waals surface area contributed by atoms with E-state index in [1.807, 2.05) is 0 Å². The topological polar surface area (TPSA) is 74.7 Å². The first-order valence-electron chi connectivity index (χ1n) is 7.64. The first kappa shape index (κ1) is 13.6. The standard InChI is InChI=1S/C15H21NO4/c17-12-9-15(7-3-4-8-15)14(20)16(12)11-6-2-1-5-10(11)13(18)19/h10-11H,1-9H2,(H,18,19). The van der Waals surface area contributed by atoms with Crippen LogP contribution in [0.5, 0.6) is 0 Å². The molecule has 3 fully saturated rings. The third-order valence-corrected chi connectivity index (χ3v) is 5.37. The van der Waals surface area contributed by atoms with Gasteiger partial charge in [-0.25, -0.2) is 0 Å². The fourth-order valence-corrected chi connectivity index (χ4v) is 4.31. The Labute approximate surface area is 118 Å². The second kappa shape index (κ2) is 4.86. The van der Waals surface area contributed by atoms with Crippen LogP contribution in [0, 0.1) is 11.3 Å². The lowest BCUT2D eigenvalue weighted by Crippen LogP contribution is -2.49. The van der Waals surface area contributed by atoms with Crippen molar-refractivity contribution in [2.75, 3.05) is 0 Å². The first-order chi connectivity index (χ1) is 9.55. The average Bonchev–Trinajstić information content (AvgIpc) is 2.97. The molecule has 3 rings (SSSR count). The van der Waals surface area contributed by atoms with Gasteiger partial charge in [0.05, 0.1) is 17.4 Å². The monoisotopic (exact) mass is 279 g/mol. The van der Waals surface area contributed by atoms with Crippen LogP contribution in [0.25, 0.3) is 0 Å². The molecule has 1 spiro atoms. The van der Waals surface area contributed by atoms with Crippen molar-refractivity contribution in [2.45, 2.75) is 63.8 Å². The third kappa shape index (κ3) is 1.95. The van der Waals surface area contributed by atoms with E-state index in [1.165, 1.54) is 4.90 Å². The number of likely N-dealkylation sites (tertiary alicyclic amines) is 1. The summed E-state index contributed by atoms with van der Waals surface area (Å²) < 4.78 is 0. The second-order valence-corrected chi connectivity index (χ2v) is 6.53. The number of aliphatic carboxylic acids is 1. The van der Waals surface area contributed by atoms with E-state index in [2.05, 4.69) is 0 Å². The molecule has 110 valence electrons. The Balaban J connectivity index is 1.87. The van der Waals surface area contributed by atoms with Crippen LogP contribution in [0.15, 0.2) is 0 Å². The summed E-state index contributed by atoms with van der Waals surface area (Å²) in [5, 5.41) is 9.35. The maximum absolute atomic E-state index is 12.7. The van der Waals surface area contributed by atoms with Gasteiger partial charge in [-0.05, 0) is 25.7 Å². The van der Waals surface area contributed by atoms with Crippen molar-refractivity contribution in [1.82, 2.24) is 4.90 Å². The summed E-state index contributed by atoms with van der Waals surface area (Å²) >= 11 is 0. The van der Waals surface area contributed by atoms with Gasteiger partial charge in [-0.15, -0.1) is 0 Å². The van der Waals surface area contributed by atoms with Crippen molar-refractivity contribution < 1.29 is 19.5 Å². The zero-order valence-corrected chi connectivity index (χ0v) is 11.6. The highest BCUT2D eigenvalue weighted by molar-refractivity contribution is 6.06. The minimum atomic E-state index is -0.873. The van der Waals surface area contributed by atoms with Gasteiger partial charge in [-0.2, -0.15) is 0 Å². The van der Waals surface area contributed by atoms with Crippen LogP contribution >= 0.6 is 0 Å². The number of amides is 2. The molecule has 0 bridgehead atoms. The number of rotatable bonds is 2. The fourth-order valence-electron chi connectivity index (χ4n) is 4.31. The van der Waals surface area contributed by atoms with Crippen molar-refractivity contribution >= 4 is 17.8 Å². The van der Waals surface area contributed by atoms with Crippen LogP contribution in [0.3, 0.4) is 0 Å². The Bertz CT molecular complexity index is 453. The highest BCUT2D eigenvalue weighted by atomic mass is 16.4. The first-order valence-corrected chi connectivity index (χ1v) is 7.64. The van der Waals surface area contributed by atoms with Gasteiger partial charge in [0, 0.05) is 6.42 Å². The van der Waals surface area contributed by atoms with Gasteiger partial charge >= 0.3 is 5.97 Å². The molecule has 0 aromatic heterocycles. The van der Waals surface area contributed by atoms with E-state index >= 15 is 0 Å². The van der Waals surface area contributed by atoms with Crippen molar-refractivity contribution in [2.24, 2.45) is 11.3 Å². The van der Waals surface area contributed by atoms with Crippen molar-refractivity contribution in [3.05, 3.63) is 0 Å². The Morgan fingerprint density at radius 3 is 2.40 bits per heavy atom. The van der Waals surface area contributed by atoms with Crippen molar-refractivity contribution in [3.8, 4) is 0 Å². The summed E-state index contributed by atoms with van der Waals surface area (Å²) in [6.07, 6.45) is 6.87. The molecule has 3 aliphatic rings. The van der Waals surface area contributed by atoms with E-state index < -0.39 is 23.3 Å². The van der Waals surface area contributed by atoms with Gasteiger partial charge in [0.1, 0.15) is 0 Å². The number of carbonyl (C=O) groups is 3. The molecule has 2 saturated carbocycles. The van der Waals surface area contributed by atoms with E-state index in [4.69, 9.17) is 0 Å². The lowest BCUT2D eigenvalue weighted by Gasteiger charge is -2.35. The maximum Gasteiger partial charge on any atom is 0.308 e. The highest BCUT2D eigenvalue weighted by Gasteiger charge is 2.55. The number of carboxylic acid groups (broad SMARTS) is 1. The van der Waals surface area contributed by atoms with E-state index in [0.29, 0.717) is 19.3 Å². The molecule has 1 saturated heterocycles. The molecule has 0 radical (unpaired) electrons. The molecular formula is C15H21NO4. The SMILES string of the molecule is O=C(O)C1CCCCC1N1C(=O)CC2(CCCC2)C1=O. The van der Waals surface area contributed by atoms with E-state index in [9.17, 15) is 19.5 Å². The van der Waals surface area contributed by atoms with Crippen LogP contribution in [-0.2, 0) is 14.4 Å². The van der Waals surface area contributed by atoms with Crippen LogP contribution < -0.4 is 0 Å². The van der Waals surface area contributed by atoms with Crippen LogP contribution in [0.2, 0.25) is 0 Å². The minimum Gasteiger partial charge on any atom is -0.481 e. The number of nitrogens with zero attached hydrogens (tertiary/aromatic N) is 1. The summed E-state index contributed by atoms with van der Waals surface area (Å²) in [5.41, 5.74) is -0.489. The highest BCUT2D eigenvalue weighted by Crippen LogP contribution is 2.48. The summed E-state index contributed by atoms with van der Waals surface area (Å²) in [6, 6.07) is -0.416. The molecule has 1 heterocycles. The van der Waals surface area contributed by atoms with E-state index in [1.54, 1.807) is 0 Å². The Morgan fingerprint density at radius 2 is 1.75 bits per heavy atom. The van der Waals surface area contributed by atoms with Crippen LogP contribution in [0.1, 0.15) is 57.8 Å². The van der Waals surface area contributed by atoms with Crippen LogP contribution in [-0.4, -0.2) is 33.8 Å². The summed E-state index contributed by atoms with van der Waals surface area (Å²) in [6.45, 7) is 0. The molecule has 20 heavy (non-hydrogen) atoms. The van der Waals surface area contributed by atoms with Gasteiger partial charge in [0.15, 0.2) is 0 Å². The second-order valence-electron chi connectivity index (χ2n) is 6.53. The quantitative estimate of drug-likeness (QED) is 0.784. The van der Waals surface area contributed by atoms with E-state index in [0.717, 1.165) is 38.5 Å². The van der Waals surface area contributed by atoms with Crippen molar-refractivity contribution in [1.29, 1.82) is 0 Å². The number of carboxylic acids is 1. The van der Waals surface area contributed by atoms with Gasteiger partial charge in [-0.1, -0.05) is 25.7 Å². The molecule has 2 amide bonds. The zero-order chi connectivity index (χ0) is 14.3. The molecule has 1 N–H and O–H groups in total. The number of hydrogen-bond donors (Lipinski definition) is 1. The Kier molecular flexibility index (Phi) is 3.30. The summed E-state index contributed by atoms with van der Waals surface area (Å²) in [7, 11) is 0. The van der Waals surface area contributed by atoms with Gasteiger partial charge in [0.2, 0.25) is 11.8 Å². The predicted octanol–water partition coefficient (Wildman–Crippen LogP) is 1.95. The van der Waals surface area contributed by atoms with Gasteiger partial charge < -0.3 is 5.11 Å². The summed E-state index contributed by atoms with van der Waals surface area (Å²) in [5.74, 6) is -1.68. The normalized spacial score (nSPS) is 33.1. The lowest BCUT2D eigenvalue weighted by atomic mass is 9.82. The molecule has 0 aromatic rings. The Morgan fingerprint density at radius 1 is 1.10 bits per heavy atom. The number of hydrogen-bond acceptors (Lipinski definition) is 3. The molecule has 1 aliphatic heterocycles. The third-order valence-electron chi connectivity index (χ3n) is 5.37. The number of carbonyl (C=O) groups excluding carboxylic acids is 2. The fraction of sp³-hybridized carbons (Fsp3) is 0.800. The average molecular weight is 279 g/mol. The molecule has 2 unspecified atom stereocenters. The Hall–Kier alpha value is -1.39. The smallest absolute Gasteiger partial charge is 0.308 e. The van der Waals surface area contributed by atoms with Crippen LogP contribution in [0.4, 0.5) is 0 Å². The largest absolute Gasteiger partial charge is 0.481 e. The molecule has 0 aromatic carbocycles. The molecule has 5 heteroatoms. The van der Waals surface area contributed by atoms with Gasteiger partial charge in [-0.3, -0.25) is 19.3 Å².